The van der Waals surface area contributed by atoms with Crippen molar-refractivity contribution < 1.29 is 18.3 Å². The number of anilines is 2. The number of allylic oxidation sites excluding steroid dienone is 2. The molecule has 0 amide bonds. The number of halogens is 2. The summed E-state index contributed by atoms with van der Waals surface area (Å²) in [6, 6.07) is 14.0. The molecule has 0 aromatic heterocycles. The molecule has 0 radical (unpaired) electrons. The third-order valence-electron chi connectivity index (χ3n) is 4.96. The van der Waals surface area contributed by atoms with Crippen LogP contribution in [0, 0.1) is 5.41 Å². The number of para-hydroxylation sites is 1. The maximum Gasteiger partial charge on any atom is 0.266 e. The Labute approximate surface area is 190 Å². The highest BCUT2D eigenvalue weighted by Crippen LogP contribution is 2.35. The number of ketones is 1. The molecule has 4 N–H and O–H groups in total. The SMILES string of the molecule is COc1cc(N2CCC(F)(F)C2)ccc1N/C=C\C(=O)C(=N)C(C=CN)=Nc1ccccc1. The Kier molecular flexibility index (Phi) is 7.55. The Hall–Kier alpha value is -4.01. The van der Waals surface area contributed by atoms with Gasteiger partial charge in [-0.05, 0) is 36.5 Å². The van der Waals surface area contributed by atoms with E-state index in [1.54, 1.807) is 47.4 Å². The van der Waals surface area contributed by atoms with Crippen LogP contribution in [0.2, 0.25) is 0 Å². The molecule has 33 heavy (non-hydrogen) atoms. The number of ether oxygens (including phenoxy) is 1. The van der Waals surface area contributed by atoms with Crippen LogP contribution in [0.25, 0.3) is 0 Å². The summed E-state index contributed by atoms with van der Waals surface area (Å²) in [5.74, 6) is -2.84. The van der Waals surface area contributed by atoms with E-state index in [1.807, 2.05) is 6.07 Å². The van der Waals surface area contributed by atoms with Crippen LogP contribution in [0.4, 0.5) is 25.8 Å². The third kappa shape index (κ3) is 6.25. The molecule has 2 aromatic carbocycles. The molecule has 0 unspecified atom stereocenters. The number of nitrogens with zero attached hydrogens (tertiary/aromatic N) is 2. The Bertz CT molecular complexity index is 1100. The summed E-state index contributed by atoms with van der Waals surface area (Å²) in [6.07, 6.45) is 5.00. The maximum atomic E-state index is 13.5. The van der Waals surface area contributed by atoms with Crippen molar-refractivity contribution in [2.45, 2.75) is 12.3 Å². The Balaban J connectivity index is 1.69. The number of rotatable bonds is 9. The zero-order valence-corrected chi connectivity index (χ0v) is 18.1. The lowest BCUT2D eigenvalue weighted by atomic mass is 10.1. The zero-order valence-electron chi connectivity index (χ0n) is 18.1. The van der Waals surface area contributed by atoms with Gasteiger partial charge in [0.1, 0.15) is 11.5 Å². The fourth-order valence-electron chi connectivity index (χ4n) is 3.28. The van der Waals surface area contributed by atoms with Crippen molar-refractivity contribution in [1.82, 2.24) is 0 Å². The van der Waals surface area contributed by atoms with Gasteiger partial charge >= 0.3 is 0 Å². The number of alkyl halides is 2. The molecule has 172 valence electrons. The van der Waals surface area contributed by atoms with E-state index >= 15 is 0 Å². The lowest BCUT2D eigenvalue weighted by Gasteiger charge is -2.20. The summed E-state index contributed by atoms with van der Waals surface area (Å²) in [5.41, 5.74) is 7.01. The Morgan fingerprint density at radius 1 is 1.24 bits per heavy atom. The molecule has 0 spiro atoms. The van der Waals surface area contributed by atoms with Gasteiger partial charge in [0, 0.05) is 37.0 Å². The van der Waals surface area contributed by atoms with Crippen LogP contribution in [0.3, 0.4) is 0 Å². The number of benzene rings is 2. The van der Waals surface area contributed by atoms with Crippen molar-refractivity contribution >= 4 is 34.3 Å². The topological polar surface area (TPSA) is 104 Å². The van der Waals surface area contributed by atoms with Crippen LogP contribution >= 0.6 is 0 Å². The third-order valence-corrected chi connectivity index (χ3v) is 4.96. The largest absolute Gasteiger partial charge is 0.494 e. The molecular weight excluding hydrogens is 428 g/mol. The minimum atomic E-state index is -2.69. The van der Waals surface area contributed by atoms with Crippen LogP contribution in [-0.2, 0) is 4.79 Å². The summed E-state index contributed by atoms with van der Waals surface area (Å²) in [5, 5.41) is 11.1. The fraction of sp³-hybridized carbons (Fsp3) is 0.208. The molecule has 0 bridgehead atoms. The highest BCUT2D eigenvalue weighted by atomic mass is 19.3. The number of carbonyl (C=O) groups excluding carboxylic acids is 1. The zero-order chi connectivity index (χ0) is 23.8. The first kappa shape index (κ1) is 23.6. The Morgan fingerprint density at radius 2 is 2.00 bits per heavy atom. The maximum absolute atomic E-state index is 13.5. The summed E-state index contributed by atoms with van der Waals surface area (Å²) in [4.78, 5) is 18.4. The Morgan fingerprint density at radius 3 is 2.64 bits per heavy atom. The van der Waals surface area contributed by atoms with Crippen molar-refractivity contribution in [3.8, 4) is 5.75 Å². The second-order valence-electron chi connectivity index (χ2n) is 7.32. The van der Waals surface area contributed by atoms with E-state index in [2.05, 4.69) is 10.3 Å². The van der Waals surface area contributed by atoms with E-state index in [9.17, 15) is 13.6 Å². The van der Waals surface area contributed by atoms with Gasteiger partial charge in [-0.1, -0.05) is 18.2 Å². The quantitative estimate of drug-likeness (QED) is 0.388. The number of hydrogen-bond acceptors (Lipinski definition) is 7. The monoisotopic (exact) mass is 453 g/mol. The summed E-state index contributed by atoms with van der Waals surface area (Å²) in [6.45, 7) is -0.0624. The van der Waals surface area contributed by atoms with E-state index in [0.29, 0.717) is 22.8 Å². The molecule has 1 aliphatic heterocycles. The molecule has 0 atom stereocenters. The molecule has 2 aromatic rings. The second-order valence-corrected chi connectivity index (χ2v) is 7.32. The van der Waals surface area contributed by atoms with Gasteiger partial charge in [0.15, 0.2) is 0 Å². The number of nitrogens with two attached hydrogens (primary N) is 1. The average Bonchev–Trinajstić information content (AvgIpc) is 3.18. The first-order chi connectivity index (χ1) is 15.8. The van der Waals surface area contributed by atoms with E-state index in [4.69, 9.17) is 15.9 Å². The molecular formula is C24H25F2N5O2. The number of hydrogen-bond donors (Lipinski definition) is 3. The normalized spacial score (nSPS) is 15.8. The van der Waals surface area contributed by atoms with Crippen LogP contribution in [0.1, 0.15) is 6.42 Å². The van der Waals surface area contributed by atoms with Crippen LogP contribution < -0.4 is 20.7 Å². The number of aliphatic imine (C=N–C) groups is 1. The summed E-state index contributed by atoms with van der Waals surface area (Å²) >= 11 is 0. The smallest absolute Gasteiger partial charge is 0.266 e. The van der Waals surface area contributed by atoms with Gasteiger partial charge in [0.25, 0.3) is 5.92 Å². The van der Waals surface area contributed by atoms with Gasteiger partial charge in [-0.15, -0.1) is 0 Å². The van der Waals surface area contributed by atoms with Gasteiger partial charge in [0.2, 0.25) is 5.78 Å². The van der Waals surface area contributed by atoms with Gasteiger partial charge in [-0.3, -0.25) is 10.2 Å². The van der Waals surface area contributed by atoms with E-state index in [1.165, 1.54) is 31.7 Å². The van der Waals surface area contributed by atoms with Crippen LogP contribution in [0.5, 0.6) is 5.75 Å². The van der Waals surface area contributed by atoms with Gasteiger partial charge in [0.05, 0.1) is 30.7 Å². The lowest BCUT2D eigenvalue weighted by Crippen LogP contribution is -2.24. The molecule has 0 saturated carbocycles. The molecule has 9 heteroatoms. The molecule has 7 nitrogen and oxygen atoms in total. The molecule has 1 aliphatic rings. The first-order valence-corrected chi connectivity index (χ1v) is 10.2. The molecule has 0 aliphatic carbocycles. The van der Waals surface area contributed by atoms with Gasteiger partial charge in [-0.2, -0.15) is 0 Å². The van der Waals surface area contributed by atoms with Crippen molar-refractivity contribution in [3.63, 3.8) is 0 Å². The minimum Gasteiger partial charge on any atom is -0.494 e. The van der Waals surface area contributed by atoms with E-state index in [0.717, 1.165) is 0 Å². The van der Waals surface area contributed by atoms with Crippen LogP contribution in [0.15, 0.2) is 78.1 Å². The summed E-state index contributed by atoms with van der Waals surface area (Å²) in [7, 11) is 1.47. The van der Waals surface area contributed by atoms with Crippen molar-refractivity contribution in [1.29, 1.82) is 5.41 Å². The van der Waals surface area contributed by atoms with Crippen molar-refractivity contribution in [2.75, 3.05) is 30.4 Å². The molecule has 1 saturated heterocycles. The highest BCUT2D eigenvalue weighted by molar-refractivity contribution is 6.70. The van der Waals surface area contributed by atoms with Crippen molar-refractivity contribution in [3.05, 3.63) is 73.1 Å². The molecule has 1 heterocycles. The number of carbonyl (C=O) groups is 1. The predicted octanol–water partition coefficient (Wildman–Crippen LogP) is 4.30. The van der Waals surface area contributed by atoms with Gasteiger partial charge in [-0.25, -0.2) is 13.8 Å². The van der Waals surface area contributed by atoms with E-state index < -0.39 is 11.7 Å². The fourth-order valence-corrected chi connectivity index (χ4v) is 3.28. The minimum absolute atomic E-state index is 0.127. The average molecular weight is 453 g/mol. The lowest BCUT2D eigenvalue weighted by molar-refractivity contribution is -0.108. The highest BCUT2D eigenvalue weighted by Gasteiger charge is 2.38. The number of methoxy groups -OCH3 is 1. The first-order valence-electron chi connectivity index (χ1n) is 10.2. The van der Waals surface area contributed by atoms with Gasteiger partial charge < -0.3 is 20.7 Å². The predicted molar refractivity (Wildman–Crippen MR) is 127 cm³/mol. The number of nitrogens with one attached hydrogen (secondary N) is 2. The summed E-state index contributed by atoms with van der Waals surface area (Å²) < 4.78 is 32.4. The van der Waals surface area contributed by atoms with Crippen LogP contribution in [-0.4, -0.2) is 43.3 Å². The van der Waals surface area contributed by atoms with E-state index in [-0.39, 0.29) is 30.9 Å². The second kappa shape index (κ2) is 10.5. The van der Waals surface area contributed by atoms with Crippen molar-refractivity contribution in [2.24, 2.45) is 10.7 Å². The standard InChI is InChI=1S/C24H25F2N5O2/c1-33-22-15-18(31-14-11-24(25,26)16-31)7-8-19(22)29-13-10-21(32)23(28)20(9-12-27)30-17-5-3-2-4-6-17/h2-10,12-13,15,28-29H,11,14,16,27H2,1H3/b12-9?,13-10-,28-23?,30-20?. The molecule has 3 rings (SSSR count). The molecule has 1 fully saturated rings.